The van der Waals surface area contributed by atoms with Gasteiger partial charge in [-0.3, -0.25) is 0 Å². The van der Waals surface area contributed by atoms with Gasteiger partial charge in [0.05, 0.1) is 0 Å². The number of rotatable bonds is 9. The smallest absolute Gasteiger partial charge is 0.255 e. The molecule has 158 valence electrons. The Hall–Kier alpha value is -3.29. The van der Waals surface area contributed by atoms with Gasteiger partial charge in [0.25, 0.3) is 11.9 Å². The van der Waals surface area contributed by atoms with Crippen molar-refractivity contribution in [3.05, 3.63) is 42.2 Å². The maximum Gasteiger partial charge on any atom is 0.255 e. The molecule has 0 saturated carbocycles. The molecule has 8 heteroatoms. The minimum absolute atomic E-state index is 0.468. The van der Waals surface area contributed by atoms with Gasteiger partial charge in [-0.2, -0.15) is 25.2 Å². The Bertz CT molecular complexity index is 977. The highest BCUT2D eigenvalue weighted by Gasteiger charge is 2.15. The standard InChI is InChI=1S/C22H30N8/c1-6-13-23-29(9-4)21-25-20(26-22(27-21)30-15-10-14-24-30)18-11-12-19(17(5)16-18)28(7-2)8-3/h10-16H,6-9H2,1-5H3/b23-13-. The highest BCUT2D eigenvalue weighted by molar-refractivity contribution is 5.65. The zero-order valence-corrected chi connectivity index (χ0v) is 18.4. The monoisotopic (exact) mass is 406 g/mol. The van der Waals surface area contributed by atoms with Gasteiger partial charge >= 0.3 is 0 Å². The summed E-state index contributed by atoms with van der Waals surface area (Å²) in [6, 6.07) is 8.18. The zero-order valence-electron chi connectivity index (χ0n) is 18.4. The molecule has 0 aliphatic rings. The molecule has 0 saturated heterocycles. The number of hydrogen-bond acceptors (Lipinski definition) is 7. The lowest BCUT2D eigenvalue weighted by atomic mass is 10.1. The summed E-state index contributed by atoms with van der Waals surface area (Å²) < 4.78 is 1.64. The van der Waals surface area contributed by atoms with Gasteiger partial charge in [-0.1, -0.05) is 6.92 Å². The van der Waals surface area contributed by atoms with Crippen molar-refractivity contribution >= 4 is 17.9 Å². The van der Waals surface area contributed by atoms with Crippen LogP contribution < -0.4 is 9.91 Å². The van der Waals surface area contributed by atoms with Crippen LogP contribution in [0, 0.1) is 6.92 Å². The molecule has 0 spiro atoms. The van der Waals surface area contributed by atoms with Crippen LogP contribution in [0.5, 0.6) is 0 Å². The van der Waals surface area contributed by atoms with E-state index in [1.54, 1.807) is 15.9 Å². The molecule has 0 atom stereocenters. The number of benzene rings is 1. The third-order valence-corrected chi connectivity index (χ3v) is 4.81. The first-order valence-corrected chi connectivity index (χ1v) is 10.5. The number of hydrazone groups is 1. The second-order valence-corrected chi connectivity index (χ2v) is 6.81. The molecule has 0 fully saturated rings. The number of aromatic nitrogens is 5. The van der Waals surface area contributed by atoms with Crippen LogP contribution in [0.4, 0.5) is 11.6 Å². The van der Waals surface area contributed by atoms with Crippen LogP contribution in [0.15, 0.2) is 41.8 Å². The van der Waals surface area contributed by atoms with Gasteiger partial charge in [0.1, 0.15) is 0 Å². The SMILES string of the molecule is CC/C=N\N(CC)c1nc(-c2ccc(N(CC)CC)c(C)c2)nc(-n2cccn2)n1. The summed E-state index contributed by atoms with van der Waals surface area (Å²) in [7, 11) is 0. The fourth-order valence-electron chi connectivity index (χ4n) is 3.26. The molecule has 0 amide bonds. The van der Waals surface area contributed by atoms with Gasteiger partial charge < -0.3 is 4.90 Å². The van der Waals surface area contributed by atoms with Crippen molar-refractivity contribution in [1.29, 1.82) is 0 Å². The summed E-state index contributed by atoms with van der Waals surface area (Å²) in [5, 5.41) is 10.5. The molecule has 0 aliphatic carbocycles. The Kier molecular flexibility index (Phi) is 7.11. The Morgan fingerprint density at radius 1 is 1.03 bits per heavy atom. The van der Waals surface area contributed by atoms with Crippen molar-refractivity contribution in [2.45, 2.75) is 41.0 Å². The van der Waals surface area contributed by atoms with Crippen LogP contribution in [0.25, 0.3) is 17.3 Å². The average molecular weight is 407 g/mol. The van der Waals surface area contributed by atoms with Crippen molar-refractivity contribution in [1.82, 2.24) is 24.7 Å². The average Bonchev–Trinajstić information content (AvgIpc) is 3.31. The van der Waals surface area contributed by atoms with Crippen LogP contribution in [0.2, 0.25) is 0 Å². The number of anilines is 2. The van der Waals surface area contributed by atoms with Crippen molar-refractivity contribution in [2.24, 2.45) is 5.10 Å². The summed E-state index contributed by atoms with van der Waals surface area (Å²) in [5.74, 6) is 1.57. The van der Waals surface area contributed by atoms with Crippen LogP contribution in [-0.2, 0) is 0 Å². The molecule has 0 radical (unpaired) electrons. The first-order valence-electron chi connectivity index (χ1n) is 10.5. The predicted molar refractivity (Wildman–Crippen MR) is 122 cm³/mol. The first-order chi connectivity index (χ1) is 14.6. The minimum Gasteiger partial charge on any atom is -0.372 e. The van der Waals surface area contributed by atoms with E-state index < -0.39 is 0 Å². The molecule has 0 N–H and O–H groups in total. The third-order valence-electron chi connectivity index (χ3n) is 4.81. The van der Waals surface area contributed by atoms with E-state index in [1.807, 2.05) is 32.3 Å². The van der Waals surface area contributed by atoms with E-state index >= 15 is 0 Å². The Labute approximate surface area is 178 Å². The second kappa shape index (κ2) is 9.96. The molecule has 8 nitrogen and oxygen atoms in total. The minimum atomic E-state index is 0.468. The van der Waals surface area contributed by atoms with E-state index in [9.17, 15) is 0 Å². The lowest BCUT2D eigenvalue weighted by Crippen LogP contribution is -2.22. The van der Waals surface area contributed by atoms with Gasteiger partial charge in [0.2, 0.25) is 0 Å². The maximum atomic E-state index is 4.73. The maximum absolute atomic E-state index is 4.73. The molecular formula is C22H30N8. The van der Waals surface area contributed by atoms with E-state index in [2.05, 4.69) is 64.0 Å². The van der Waals surface area contributed by atoms with E-state index in [4.69, 9.17) is 4.98 Å². The topological polar surface area (TPSA) is 75.3 Å². The van der Waals surface area contributed by atoms with Gasteiger partial charge in [0.15, 0.2) is 5.82 Å². The van der Waals surface area contributed by atoms with Crippen LogP contribution in [0.3, 0.4) is 0 Å². The summed E-state index contributed by atoms with van der Waals surface area (Å²) >= 11 is 0. The first kappa shape index (κ1) is 21.4. The molecule has 2 heterocycles. The molecule has 0 aliphatic heterocycles. The van der Waals surface area contributed by atoms with Crippen LogP contribution in [-0.4, -0.2) is 50.6 Å². The van der Waals surface area contributed by atoms with Crippen molar-refractivity contribution < 1.29 is 0 Å². The summed E-state index contributed by atoms with van der Waals surface area (Å²) in [6.07, 6.45) is 6.22. The van der Waals surface area contributed by atoms with Gasteiger partial charge in [-0.15, -0.1) is 0 Å². The third kappa shape index (κ3) is 4.64. The van der Waals surface area contributed by atoms with Gasteiger partial charge in [-0.25, -0.2) is 9.69 Å². The molecule has 2 aromatic heterocycles. The molecule has 1 aromatic carbocycles. The lowest BCUT2D eigenvalue weighted by Gasteiger charge is -2.23. The van der Waals surface area contributed by atoms with Crippen molar-refractivity contribution in [3.63, 3.8) is 0 Å². The molecular weight excluding hydrogens is 376 g/mol. The Morgan fingerprint density at radius 2 is 1.83 bits per heavy atom. The summed E-state index contributed by atoms with van der Waals surface area (Å²) in [6.45, 7) is 13.1. The molecule has 3 aromatic rings. The number of aryl methyl sites for hydroxylation is 1. The van der Waals surface area contributed by atoms with Crippen LogP contribution in [0.1, 0.15) is 39.7 Å². The second-order valence-electron chi connectivity index (χ2n) is 6.81. The Morgan fingerprint density at radius 3 is 2.43 bits per heavy atom. The summed E-state index contributed by atoms with van der Waals surface area (Å²) in [4.78, 5) is 16.4. The fraction of sp³-hybridized carbons (Fsp3) is 0.409. The predicted octanol–water partition coefficient (Wildman–Crippen LogP) is 4.10. The van der Waals surface area contributed by atoms with E-state index in [0.29, 0.717) is 24.3 Å². The van der Waals surface area contributed by atoms with Crippen LogP contribution >= 0.6 is 0 Å². The highest BCUT2D eigenvalue weighted by Crippen LogP contribution is 2.26. The van der Waals surface area contributed by atoms with Crippen molar-refractivity contribution in [2.75, 3.05) is 29.5 Å². The van der Waals surface area contributed by atoms with E-state index in [0.717, 1.165) is 25.1 Å². The molecule has 0 unspecified atom stereocenters. The quantitative estimate of drug-likeness (QED) is 0.393. The normalized spacial score (nSPS) is 11.2. The van der Waals surface area contributed by atoms with Gasteiger partial charge in [-0.05, 0) is 63.9 Å². The summed E-state index contributed by atoms with van der Waals surface area (Å²) in [5.41, 5.74) is 3.36. The molecule has 0 bridgehead atoms. The zero-order chi connectivity index (χ0) is 21.5. The molecule has 3 rings (SSSR count). The number of nitrogens with zero attached hydrogens (tertiary/aromatic N) is 8. The lowest BCUT2D eigenvalue weighted by molar-refractivity contribution is 0.769. The highest BCUT2D eigenvalue weighted by atomic mass is 15.5. The van der Waals surface area contributed by atoms with Crippen molar-refractivity contribution in [3.8, 4) is 17.3 Å². The largest absolute Gasteiger partial charge is 0.372 e. The fourth-order valence-corrected chi connectivity index (χ4v) is 3.26. The molecule has 30 heavy (non-hydrogen) atoms. The van der Waals surface area contributed by atoms with E-state index in [1.165, 1.54) is 11.3 Å². The Balaban J connectivity index is 2.09. The van der Waals surface area contributed by atoms with E-state index in [-0.39, 0.29) is 0 Å². The van der Waals surface area contributed by atoms with Gasteiger partial charge in [0, 0.05) is 49.5 Å². The number of hydrogen-bond donors (Lipinski definition) is 0.